The van der Waals surface area contributed by atoms with E-state index in [1.165, 1.54) is 64.2 Å². The summed E-state index contributed by atoms with van der Waals surface area (Å²) in [5.41, 5.74) is 1.69. The highest BCUT2D eigenvalue weighted by Gasteiger charge is 2.64. The van der Waals surface area contributed by atoms with Crippen LogP contribution in [0.1, 0.15) is 286 Å². The normalized spacial score (nSPS) is 50.7. The van der Waals surface area contributed by atoms with E-state index in [0.717, 1.165) is 131 Å². The van der Waals surface area contributed by atoms with E-state index in [2.05, 4.69) is 51.3 Å². The summed E-state index contributed by atoms with van der Waals surface area (Å²) in [6.45, 7) is 16.6. The van der Waals surface area contributed by atoms with Crippen molar-refractivity contribution in [1.82, 2.24) is 9.80 Å². The van der Waals surface area contributed by atoms with Crippen molar-refractivity contribution in [2.45, 2.75) is 322 Å². The van der Waals surface area contributed by atoms with Gasteiger partial charge >= 0.3 is 0 Å². The molecule has 13 fully saturated rings. The molecule has 0 aromatic heterocycles. The van der Waals surface area contributed by atoms with Gasteiger partial charge in [-0.1, -0.05) is 144 Å². The van der Waals surface area contributed by atoms with Crippen molar-refractivity contribution in [3.8, 4) is 0 Å². The first kappa shape index (κ1) is 50.4. The number of hydrogen-bond acceptors (Lipinski definition) is 2. The molecule has 71 heavy (non-hydrogen) atoms. The van der Waals surface area contributed by atoms with Crippen LogP contribution in [0.4, 0.5) is 0 Å². The summed E-state index contributed by atoms with van der Waals surface area (Å²) in [5.74, 6) is 16.4. The molecule has 0 aromatic carbocycles. The number of nitrogens with zero attached hydrogens (tertiary/aromatic N) is 2. The summed E-state index contributed by atoms with van der Waals surface area (Å²) in [6.07, 6.45) is 59.0. The van der Waals surface area contributed by atoms with Crippen molar-refractivity contribution in [2.24, 2.45) is 111 Å². The van der Waals surface area contributed by atoms with Crippen molar-refractivity contribution >= 4 is 0 Å². The van der Waals surface area contributed by atoms with E-state index in [1.807, 2.05) is 0 Å². The summed E-state index contributed by atoms with van der Waals surface area (Å²) < 4.78 is 0. The molecule has 2 heteroatoms. The highest BCUT2D eigenvalue weighted by Crippen LogP contribution is 2.70. The summed E-state index contributed by atoms with van der Waals surface area (Å²) in [5, 5.41) is 0. The standard InChI is InChI=1S/C69H116N2/c1-7-39-69(40-8-2)63-43-49(33-37-57(63)58-38-34-50(44-64(58)69)71(65-29-17-21-45-19-9-11-23-51(45)65)66-30-18-22-46-20-10-12-24-52(46)66)70(47-31-35-55-53-25-13-15-27-59(53)67(3,4)61(55)41-47)48-32-36-56-54-26-14-16-28-60(54)68(5,6)62(56)42-48/h45-66H,7-44H2,1-6H3. The number of rotatable bonds is 10. The Bertz CT molecular complexity index is 1690. The molecule has 0 saturated heterocycles. The molecule has 402 valence electrons. The third-order valence-electron chi connectivity index (χ3n) is 29.0. The Balaban J connectivity index is 0.823. The molecule has 0 amide bonds. The average Bonchev–Trinajstić information content (AvgIpc) is 3.90. The lowest BCUT2D eigenvalue weighted by Crippen LogP contribution is -2.60. The maximum Gasteiger partial charge on any atom is 0.0132 e. The molecular weight excluding hydrogens is 857 g/mol. The third-order valence-corrected chi connectivity index (χ3v) is 29.0. The van der Waals surface area contributed by atoms with Crippen LogP contribution in [0.3, 0.4) is 0 Å². The van der Waals surface area contributed by atoms with E-state index < -0.39 is 0 Å². The van der Waals surface area contributed by atoms with E-state index in [4.69, 9.17) is 0 Å². The van der Waals surface area contributed by atoms with Gasteiger partial charge in [0.05, 0.1) is 0 Å². The van der Waals surface area contributed by atoms with Gasteiger partial charge in [-0.2, -0.15) is 0 Å². The Morgan fingerprint density at radius 2 is 0.620 bits per heavy atom. The van der Waals surface area contributed by atoms with Gasteiger partial charge in [-0.25, -0.2) is 0 Å². The highest BCUT2D eigenvalue weighted by molar-refractivity contribution is 5.15. The van der Waals surface area contributed by atoms with Crippen molar-refractivity contribution in [1.29, 1.82) is 0 Å². The molecular formula is C69H116N2. The highest BCUT2D eigenvalue weighted by atomic mass is 15.2. The van der Waals surface area contributed by atoms with Crippen LogP contribution < -0.4 is 0 Å². The lowest BCUT2D eigenvalue weighted by molar-refractivity contribution is -0.0826. The van der Waals surface area contributed by atoms with Gasteiger partial charge in [-0.05, 0) is 252 Å². The summed E-state index contributed by atoms with van der Waals surface area (Å²) in [4.78, 5) is 7.14. The van der Waals surface area contributed by atoms with Crippen LogP contribution in [-0.2, 0) is 0 Å². The minimum Gasteiger partial charge on any atom is -0.294 e. The van der Waals surface area contributed by atoms with Crippen molar-refractivity contribution in [2.75, 3.05) is 0 Å². The summed E-state index contributed by atoms with van der Waals surface area (Å²) >= 11 is 0. The minimum atomic E-state index is 0.548. The fourth-order valence-electron chi connectivity index (χ4n) is 26.9. The van der Waals surface area contributed by atoms with E-state index in [0.29, 0.717) is 16.2 Å². The molecule has 13 saturated carbocycles. The molecule has 22 atom stereocenters. The van der Waals surface area contributed by atoms with Gasteiger partial charge in [0.1, 0.15) is 0 Å². The lowest BCUT2D eigenvalue weighted by atomic mass is 9.59. The Kier molecular flexibility index (Phi) is 14.4. The molecule has 0 spiro atoms. The van der Waals surface area contributed by atoms with Crippen LogP contribution in [0.5, 0.6) is 0 Å². The third kappa shape index (κ3) is 8.40. The van der Waals surface area contributed by atoms with Gasteiger partial charge in [-0.3, -0.25) is 9.80 Å². The maximum absolute atomic E-state index is 3.57. The van der Waals surface area contributed by atoms with Crippen LogP contribution >= 0.6 is 0 Å². The van der Waals surface area contributed by atoms with Gasteiger partial charge in [-0.15, -0.1) is 0 Å². The Morgan fingerprint density at radius 1 is 0.296 bits per heavy atom. The number of hydrogen-bond donors (Lipinski definition) is 0. The van der Waals surface area contributed by atoms with Gasteiger partial charge < -0.3 is 0 Å². The predicted molar refractivity (Wildman–Crippen MR) is 299 cm³/mol. The smallest absolute Gasteiger partial charge is 0.0132 e. The van der Waals surface area contributed by atoms with Gasteiger partial charge in [0, 0.05) is 36.3 Å². The van der Waals surface area contributed by atoms with E-state index in [9.17, 15) is 0 Å². The zero-order valence-corrected chi connectivity index (χ0v) is 48.0. The molecule has 0 radical (unpaired) electrons. The Labute approximate surface area is 440 Å². The maximum atomic E-state index is 3.57. The molecule has 13 aliphatic rings. The van der Waals surface area contributed by atoms with Crippen molar-refractivity contribution in [3.63, 3.8) is 0 Å². The topological polar surface area (TPSA) is 6.48 Å². The predicted octanol–water partition coefficient (Wildman–Crippen LogP) is 18.7. The summed E-state index contributed by atoms with van der Waals surface area (Å²) in [7, 11) is 0. The van der Waals surface area contributed by atoms with Crippen LogP contribution in [0.15, 0.2) is 0 Å². The molecule has 0 heterocycles. The lowest BCUT2D eigenvalue weighted by Gasteiger charge is -2.58. The fraction of sp³-hybridized carbons (Fsp3) is 1.00. The van der Waals surface area contributed by atoms with Crippen LogP contribution in [0, 0.1) is 111 Å². The minimum absolute atomic E-state index is 0.548. The quantitative estimate of drug-likeness (QED) is 0.215. The van der Waals surface area contributed by atoms with Crippen molar-refractivity contribution in [3.05, 3.63) is 0 Å². The van der Waals surface area contributed by atoms with Crippen LogP contribution in [0.25, 0.3) is 0 Å². The first-order valence-corrected chi connectivity index (χ1v) is 34.2. The number of fused-ring (bicyclic) bond motifs is 11. The Hall–Kier alpha value is -0.0800. The van der Waals surface area contributed by atoms with Gasteiger partial charge in [0.25, 0.3) is 0 Å². The molecule has 2 nitrogen and oxygen atoms in total. The molecule has 13 aliphatic carbocycles. The van der Waals surface area contributed by atoms with E-state index in [1.54, 1.807) is 180 Å². The first-order chi connectivity index (χ1) is 34.6. The first-order valence-electron chi connectivity index (χ1n) is 34.2. The van der Waals surface area contributed by atoms with Gasteiger partial charge in [0.2, 0.25) is 0 Å². The van der Waals surface area contributed by atoms with Crippen molar-refractivity contribution < 1.29 is 0 Å². The Morgan fingerprint density at radius 3 is 1.04 bits per heavy atom. The van der Waals surface area contributed by atoms with Crippen LogP contribution in [0.2, 0.25) is 0 Å². The van der Waals surface area contributed by atoms with E-state index >= 15 is 0 Å². The fourth-order valence-corrected chi connectivity index (χ4v) is 26.9. The second-order valence-corrected chi connectivity index (χ2v) is 31.7. The average molecular weight is 974 g/mol. The van der Waals surface area contributed by atoms with Crippen LogP contribution in [-0.4, -0.2) is 46.1 Å². The molecule has 0 aliphatic heterocycles. The zero-order chi connectivity index (χ0) is 48.2. The molecule has 0 N–H and O–H groups in total. The zero-order valence-electron chi connectivity index (χ0n) is 48.0. The molecule has 22 unspecified atom stereocenters. The second-order valence-electron chi connectivity index (χ2n) is 31.7. The summed E-state index contributed by atoms with van der Waals surface area (Å²) in [6, 6.07) is 5.30. The SMILES string of the molecule is CCCC1(CCC)C2CC(N(C3CCC4C5CCCCC5C(C)(C)C4C3)C3CCC4C5CCCCC5C(C)(C)C4C3)CCC2C2CCC(N(C3CCCC4CCCCC43)C3CCCC4CCCCC43)CC21. The molecule has 13 rings (SSSR count). The second kappa shape index (κ2) is 20.3. The van der Waals surface area contributed by atoms with Gasteiger partial charge in [0.15, 0.2) is 0 Å². The molecule has 0 aromatic rings. The monoisotopic (exact) mass is 973 g/mol. The molecule has 0 bridgehead atoms. The largest absolute Gasteiger partial charge is 0.294 e. The van der Waals surface area contributed by atoms with E-state index in [-0.39, 0.29) is 0 Å².